The van der Waals surface area contributed by atoms with Crippen LogP contribution in [0.25, 0.3) is 11.1 Å². The zero-order valence-electron chi connectivity index (χ0n) is 29.0. The van der Waals surface area contributed by atoms with E-state index in [2.05, 4.69) is 5.32 Å². The average Bonchev–Trinajstić information content (AvgIpc) is 3.06. The minimum atomic E-state index is -2.12. The van der Waals surface area contributed by atoms with Crippen molar-refractivity contribution >= 4 is 17.8 Å². The monoisotopic (exact) mass is 657 g/mol. The Morgan fingerprint density at radius 2 is 1.48 bits per heavy atom. The molecule has 1 aliphatic heterocycles. The molecule has 0 radical (unpaired) electrons. The maximum atomic E-state index is 14.4. The zero-order chi connectivity index (χ0) is 36.1. The first-order valence-electron chi connectivity index (χ1n) is 16.3. The number of carbonyl (C=O) groups excluding carboxylic acids is 3. The lowest BCUT2D eigenvalue weighted by atomic mass is 9.89. The normalized spacial score (nSPS) is 20.9. The van der Waals surface area contributed by atoms with Crippen molar-refractivity contribution in [2.45, 2.75) is 57.4 Å². The van der Waals surface area contributed by atoms with E-state index >= 15 is 0 Å². The Morgan fingerprint density at radius 1 is 0.854 bits per heavy atom. The Morgan fingerprint density at radius 3 is 2.06 bits per heavy atom. The van der Waals surface area contributed by atoms with Gasteiger partial charge in [-0.2, -0.15) is 0 Å². The molecule has 0 bridgehead atoms. The van der Waals surface area contributed by atoms with Crippen molar-refractivity contribution in [3.63, 3.8) is 0 Å². The molecule has 4 aromatic carbocycles. The van der Waals surface area contributed by atoms with Crippen molar-refractivity contribution < 1.29 is 45.2 Å². The lowest BCUT2D eigenvalue weighted by Crippen LogP contribution is -2.66. The summed E-state index contributed by atoms with van der Waals surface area (Å²) in [6.07, 6.45) is -5.06. The van der Waals surface area contributed by atoms with E-state index in [-0.39, 0.29) is 23.3 Å². The van der Waals surface area contributed by atoms with E-state index in [0.717, 1.165) is 0 Å². The molecular weight excluding hydrogens is 617 g/mol. The van der Waals surface area contributed by atoms with Crippen LogP contribution in [0.1, 0.15) is 49.8 Å². The summed E-state index contributed by atoms with van der Waals surface area (Å²) in [5, 5.41) is 2.29. The van der Waals surface area contributed by atoms with Gasteiger partial charge in [-0.1, -0.05) is 54.6 Å². The molecule has 0 aromatic heterocycles. The van der Waals surface area contributed by atoms with Crippen molar-refractivity contribution in [3.8, 4) is 16.9 Å². The average molecular weight is 658 g/mol. The third-order valence-electron chi connectivity index (χ3n) is 7.77. The number of esters is 2. The number of rotatable bonds is 11. The van der Waals surface area contributed by atoms with Crippen molar-refractivity contribution in [3.05, 3.63) is 126 Å². The molecule has 4 atom stereocenters. The number of carbonyl (C=O) groups is 3. The summed E-state index contributed by atoms with van der Waals surface area (Å²) in [6, 6.07) is 27.1. The summed E-state index contributed by atoms with van der Waals surface area (Å²) >= 11 is 0. The van der Waals surface area contributed by atoms with Gasteiger partial charge in [-0.05, 0) is 85.5 Å². The molecule has 1 saturated heterocycles. The second-order valence-electron chi connectivity index (χ2n) is 11.7. The van der Waals surface area contributed by atoms with Gasteiger partial charge in [-0.3, -0.25) is 4.79 Å². The van der Waals surface area contributed by atoms with Gasteiger partial charge in [0.15, 0.2) is 6.10 Å². The number of aryl methyl sites for hydroxylation is 1. The Bertz CT molecular complexity index is 1820. The second-order valence-corrected chi connectivity index (χ2v) is 11.7. The molecule has 48 heavy (non-hydrogen) atoms. The summed E-state index contributed by atoms with van der Waals surface area (Å²) < 4.78 is 61.7. The number of nitrogens with one attached hydrogen (secondary N) is 1. The molecule has 1 aliphatic rings. The molecule has 10 heteroatoms. The fourth-order valence-corrected chi connectivity index (χ4v) is 5.55. The van der Waals surface area contributed by atoms with E-state index < -0.39 is 60.4 Å². The van der Waals surface area contributed by atoms with Crippen molar-refractivity contribution in [1.82, 2.24) is 5.32 Å². The maximum Gasteiger partial charge on any atom is 0.338 e. The number of halogens is 1. The van der Waals surface area contributed by atoms with Gasteiger partial charge in [0.25, 0.3) is 0 Å². The Balaban J connectivity index is 1.56. The van der Waals surface area contributed by atoms with Gasteiger partial charge >= 0.3 is 11.9 Å². The predicted octanol–water partition coefficient (Wildman–Crippen LogP) is 6.15. The standard InChI is InChI=1S/C38H38FNO8/c1-24(41)40-21-20-25-18-19-30(23-31(25)28-16-11-17-29(39)22-28)45-37-33(47-36(43)27-14-9-6-10-15-27)32(34(44-4)38(2,3)48-37)46-35(42)26-12-7-5-8-13-26/h5-19,22-23,32-34,37H,20-21H2,1-4H3,(H,40,41)/t32-,33+,34+,37?/m0/s1/i21D2. The number of methoxy groups -OCH3 is 1. The molecule has 1 unspecified atom stereocenters. The number of ether oxygens (including phenoxy) is 5. The predicted molar refractivity (Wildman–Crippen MR) is 176 cm³/mol. The van der Waals surface area contributed by atoms with Crippen LogP contribution in [-0.2, 0) is 30.2 Å². The largest absolute Gasteiger partial charge is 0.461 e. The molecule has 1 N–H and O–H groups in total. The lowest BCUT2D eigenvalue weighted by molar-refractivity contribution is -0.304. The fourth-order valence-electron chi connectivity index (χ4n) is 5.55. The van der Waals surface area contributed by atoms with Gasteiger partial charge in [0.1, 0.15) is 17.7 Å². The molecule has 5 rings (SSSR count). The number of hydrogen-bond acceptors (Lipinski definition) is 8. The van der Waals surface area contributed by atoms with Crippen LogP contribution in [0, 0.1) is 5.82 Å². The van der Waals surface area contributed by atoms with Crippen LogP contribution in [0.5, 0.6) is 5.75 Å². The maximum absolute atomic E-state index is 14.4. The van der Waals surface area contributed by atoms with Gasteiger partial charge in [-0.25, -0.2) is 14.0 Å². The third-order valence-corrected chi connectivity index (χ3v) is 7.77. The SMILES string of the molecule is [2H]C([2H])(Cc1ccc(OC2OC(C)(C)[C@H](OC)[C@@H](OC(=O)c3ccccc3)[C@H]2OC(=O)c2ccccc2)cc1-c1cccc(F)c1)NC(C)=O. The van der Waals surface area contributed by atoms with Gasteiger partial charge < -0.3 is 29.0 Å². The van der Waals surface area contributed by atoms with E-state index in [0.29, 0.717) is 16.7 Å². The van der Waals surface area contributed by atoms with E-state index in [1.807, 2.05) is 0 Å². The lowest BCUT2D eigenvalue weighted by Gasteiger charge is -2.48. The summed E-state index contributed by atoms with van der Waals surface area (Å²) in [6.45, 7) is 2.55. The highest BCUT2D eigenvalue weighted by Crippen LogP contribution is 2.38. The van der Waals surface area contributed by atoms with Crippen LogP contribution < -0.4 is 10.1 Å². The molecule has 1 amide bonds. The van der Waals surface area contributed by atoms with Crippen LogP contribution in [0.15, 0.2) is 103 Å². The summed E-state index contributed by atoms with van der Waals surface area (Å²) in [5.41, 5.74) is 0.668. The molecule has 0 aliphatic carbocycles. The van der Waals surface area contributed by atoms with Crippen LogP contribution in [0.2, 0.25) is 0 Å². The Kier molecular flexibility index (Phi) is 10.0. The third kappa shape index (κ3) is 8.26. The van der Waals surface area contributed by atoms with Gasteiger partial charge in [0, 0.05) is 23.3 Å². The molecule has 1 fully saturated rings. The van der Waals surface area contributed by atoms with Crippen LogP contribution >= 0.6 is 0 Å². The molecular formula is C38H38FNO8. The number of amides is 1. The summed E-state index contributed by atoms with van der Waals surface area (Å²) in [4.78, 5) is 38.6. The highest BCUT2D eigenvalue weighted by atomic mass is 19.1. The van der Waals surface area contributed by atoms with Gasteiger partial charge in [-0.15, -0.1) is 0 Å². The second kappa shape index (κ2) is 15.2. The first-order chi connectivity index (χ1) is 23.8. The fraction of sp³-hybridized carbons (Fsp3) is 0.289. The van der Waals surface area contributed by atoms with Gasteiger partial charge in [0.05, 0.1) is 16.7 Å². The van der Waals surface area contributed by atoms with Crippen molar-refractivity contribution in [2.24, 2.45) is 0 Å². The van der Waals surface area contributed by atoms with Gasteiger partial charge in [0.2, 0.25) is 18.3 Å². The topological polar surface area (TPSA) is 109 Å². The molecule has 0 spiro atoms. The summed E-state index contributed by atoms with van der Waals surface area (Å²) in [5.74, 6) is -2.27. The molecule has 4 aromatic rings. The Hall–Kier alpha value is -5.06. The quantitative estimate of drug-likeness (QED) is 0.191. The van der Waals surface area contributed by atoms with Crippen molar-refractivity contribution in [1.29, 1.82) is 0 Å². The van der Waals surface area contributed by atoms with Crippen molar-refractivity contribution in [2.75, 3.05) is 13.6 Å². The molecule has 1 heterocycles. The number of benzene rings is 4. The summed E-state index contributed by atoms with van der Waals surface area (Å²) in [7, 11) is 1.43. The highest BCUT2D eigenvalue weighted by molar-refractivity contribution is 5.90. The highest BCUT2D eigenvalue weighted by Gasteiger charge is 2.55. The van der Waals surface area contributed by atoms with E-state index in [9.17, 15) is 18.8 Å². The van der Waals surface area contributed by atoms with E-state index in [1.54, 1.807) is 98.8 Å². The minimum absolute atomic E-state index is 0.193. The Labute approximate surface area is 281 Å². The van der Waals surface area contributed by atoms with E-state index in [1.165, 1.54) is 32.2 Å². The first-order valence-corrected chi connectivity index (χ1v) is 15.3. The van der Waals surface area contributed by atoms with Crippen LogP contribution in [0.4, 0.5) is 4.39 Å². The van der Waals surface area contributed by atoms with E-state index in [4.69, 9.17) is 26.4 Å². The molecule has 250 valence electrons. The molecule has 9 nitrogen and oxygen atoms in total. The smallest absolute Gasteiger partial charge is 0.338 e. The zero-order valence-corrected chi connectivity index (χ0v) is 27.0. The minimum Gasteiger partial charge on any atom is -0.461 e. The van der Waals surface area contributed by atoms with Crippen LogP contribution in [0.3, 0.4) is 0 Å². The first kappa shape index (κ1) is 31.5. The van der Waals surface area contributed by atoms with Crippen LogP contribution in [-0.4, -0.2) is 61.7 Å². The number of hydrogen-bond donors (Lipinski definition) is 1. The molecule has 0 saturated carbocycles.